The van der Waals surface area contributed by atoms with Gasteiger partial charge in [-0.3, -0.25) is 4.90 Å². The number of likely N-dealkylation sites (tertiary alicyclic amines) is 1. The van der Waals surface area contributed by atoms with Crippen molar-refractivity contribution in [3.05, 3.63) is 0 Å². The van der Waals surface area contributed by atoms with Crippen molar-refractivity contribution >= 4 is 0 Å². The molecule has 2 fully saturated rings. The minimum absolute atomic E-state index is 0.357. The highest BCUT2D eigenvalue weighted by molar-refractivity contribution is 5.18. The van der Waals surface area contributed by atoms with E-state index in [0.29, 0.717) is 11.1 Å². The standard InChI is InChI=1S/C11H22N2/c1-5-12-11-6-9(11)7-13(8-11)10(2,3)4/h9,12H,5-8H2,1-4H3. The molecule has 1 N–H and O–H groups in total. The smallest absolute Gasteiger partial charge is 0.0353 e. The van der Waals surface area contributed by atoms with Crippen LogP contribution in [0.25, 0.3) is 0 Å². The SMILES string of the molecule is CCNC12CC1CN(C(C)(C)C)C2. The summed E-state index contributed by atoms with van der Waals surface area (Å²) >= 11 is 0. The van der Waals surface area contributed by atoms with Gasteiger partial charge < -0.3 is 5.32 Å². The molecule has 2 rings (SSSR count). The number of nitrogens with zero attached hydrogens (tertiary/aromatic N) is 1. The summed E-state index contributed by atoms with van der Waals surface area (Å²) in [4.78, 5) is 2.61. The lowest BCUT2D eigenvalue weighted by Crippen LogP contribution is -2.45. The first-order chi connectivity index (χ1) is 5.98. The van der Waals surface area contributed by atoms with E-state index in [1.807, 2.05) is 0 Å². The van der Waals surface area contributed by atoms with Gasteiger partial charge in [0, 0.05) is 24.2 Å². The molecule has 0 aromatic rings. The highest BCUT2D eigenvalue weighted by Crippen LogP contribution is 2.50. The largest absolute Gasteiger partial charge is 0.310 e. The van der Waals surface area contributed by atoms with E-state index in [0.717, 1.165) is 12.5 Å². The summed E-state index contributed by atoms with van der Waals surface area (Å²) in [5.41, 5.74) is 0.873. The van der Waals surface area contributed by atoms with Gasteiger partial charge in [0.05, 0.1) is 0 Å². The van der Waals surface area contributed by atoms with Gasteiger partial charge in [-0.05, 0) is 39.7 Å². The molecule has 1 heterocycles. The number of likely N-dealkylation sites (N-methyl/N-ethyl adjacent to an activating group) is 1. The average molecular weight is 182 g/mol. The van der Waals surface area contributed by atoms with Gasteiger partial charge in [-0.15, -0.1) is 0 Å². The lowest BCUT2D eigenvalue weighted by atomic mass is 10.1. The van der Waals surface area contributed by atoms with Crippen LogP contribution in [0.3, 0.4) is 0 Å². The van der Waals surface area contributed by atoms with Crippen LogP contribution in [0.2, 0.25) is 0 Å². The Morgan fingerprint density at radius 2 is 2.15 bits per heavy atom. The molecule has 2 aliphatic rings. The molecule has 2 nitrogen and oxygen atoms in total. The van der Waals surface area contributed by atoms with Crippen molar-refractivity contribution in [3.63, 3.8) is 0 Å². The van der Waals surface area contributed by atoms with Crippen molar-refractivity contribution in [2.24, 2.45) is 5.92 Å². The first-order valence-corrected chi connectivity index (χ1v) is 5.48. The zero-order valence-corrected chi connectivity index (χ0v) is 9.35. The third-order valence-electron chi connectivity index (χ3n) is 3.62. The average Bonchev–Trinajstić information content (AvgIpc) is 2.52. The van der Waals surface area contributed by atoms with Crippen molar-refractivity contribution in [1.29, 1.82) is 0 Å². The molecule has 13 heavy (non-hydrogen) atoms. The highest BCUT2D eigenvalue weighted by Gasteiger charge is 2.60. The maximum Gasteiger partial charge on any atom is 0.0353 e. The first-order valence-electron chi connectivity index (χ1n) is 5.48. The molecular weight excluding hydrogens is 160 g/mol. The highest BCUT2D eigenvalue weighted by atomic mass is 15.3. The van der Waals surface area contributed by atoms with Crippen molar-refractivity contribution in [3.8, 4) is 0 Å². The van der Waals surface area contributed by atoms with Crippen LogP contribution < -0.4 is 5.32 Å². The van der Waals surface area contributed by atoms with Crippen LogP contribution in [-0.4, -0.2) is 35.6 Å². The van der Waals surface area contributed by atoms with E-state index in [-0.39, 0.29) is 0 Å². The molecule has 2 atom stereocenters. The number of rotatable bonds is 2. The first kappa shape index (κ1) is 9.47. The molecule has 76 valence electrons. The van der Waals surface area contributed by atoms with Gasteiger partial charge in [0.25, 0.3) is 0 Å². The summed E-state index contributed by atoms with van der Waals surface area (Å²) in [6.07, 6.45) is 1.41. The topological polar surface area (TPSA) is 15.3 Å². The Balaban J connectivity index is 1.97. The molecule has 1 saturated heterocycles. The van der Waals surface area contributed by atoms with E-state index < -0.39 is 0 Å². The van der Waals surface area contributed by atoms with Crippen LogP contribution in [-0.2, 0) is 0 Å². The fourth-order valence-corrected chi connectivity index (χ4v) is 2.62. The summed E-state index contributed by atoms with van der Waals surface area (Å²) in [6.45, 7) is 12.8. The zero-order chi connectivity index (χ0) is 9.69. The molecule has 0 bridgehead atoms. The molecular formula is C11H22N2. The third-order valence-corrected chi connectivity index (χ3v) is 3.62. The van der Waals surface area contributed by atoms with Crippen molar-refractivity contribution < 1.29 is 0 Å². The lowest BCUT2D eigenvalue weighted by molar-refractivity contribution is 0.149. The van der Waals surface area contributed by atoms with Crippen LogP contribution in [0.1, 0.15) is 34.1 Å². The van der Waals surface area contributed by atoms with E-state index in [1.165, 1.54) is 19.5 Å². The number of fused-ring (bicyclic) bond motifs is 1. The molecule has 0 amide bonds. The normalized spacial score (nSPS) is 39.2. The number of hydrogen-bond donors (Lipinski definition) is 1. The zero-order valence-electron chi connectivity index (χ0n) is 9.35. The van der Waals surface area contributed by atoms with Crippen molar-refractivity contribution in [2.45, 2.75) is 45.2 Å². The number of hydrogen-bond acceptors (Lipinski definition) is 2. The van der Waals surface area contributed by atoms with Crippen LogP contribution in [0, 0.1) is 5.92 Å². The van der Waals surface area contributed by atoms with Gasteiger partial charge >= 0.3 is 0 Å². The predicted molar refractivity (Wildman–Crippen MR) is 55.8 cm³/mol. The summed E-state index contributed by atoms with van der Waals surface area (Å²) in [5.74, 6) is 0.937. The quantitative estimate of drug-likeness (QED) is 0.695. The maximum atomic E-state index is 3.66. The minimum Gasteiger partial charge on any atom is -0.310 e. The second kappa shape index (κ2) is 2.71. The minimum atomic E-state index is 0.357. The van der Waals surface area contributed by atoms with Crippen LogP contribution in [0.15, 0.2) is 0 Å². The molecule has 0 aromatic carbocycles. The summed E-state index contributed by atoms with van der Waals surface area (Å²) < 4.78 is 0. The summed E-state index contributed by atoms with van der Waals surface area (Å²) in [6, 6.07) is 0. The van der Waals surface area contributed by atoms with E-state index in [9.17, 15) is 0 Å². The van der Waals surface area contributed by atoms with Gasteiger partial charge in [-0.1, -0.05) is 6.92 Å². The molecule has 2 unspecified atom stereocenters. The Bertz CT molecular complexity index is 207. The van der Waals surface area contributed by atoms with E-state index in [1.54, 1.807) is 0 Å². The van der Waals surface area contributed by atoms with Crippen LogP contribution >= 0.6 is 0 Å². The Kier molecular flexibility index (Phi) is 1.97. The van der Waals surface area contributed by atoms with Gasteiger partial charge in [-0.25, -0.2) is 0 Å². The van der Waals surface area contributed by atoms with E-state index in [4.69, 9.17) is 0 Å². The maximum absolute atomic E-state index is 3.66. The Morgan fingerprint density at radius 3 is 2.62 bits per heavy atom. The van der Waals surface area contributed by atoms with Gasteiger partial charge in [0.15, 0.2) is 0 Å². The Hall–Kier alpha value is -0.0800. The lowest BCUT2D eigenvalue weighted by Gasteiger charge is -2.34. The molecule has 1 aliphatic carbocycles. The van der Waals surface area contributed by atoms with Crippen LogP contribution in [0.4, 0.5) is 0 Å². The molecule has 1 aliphatic heterocycles. The van der Waals surface area contributed by atoms with E-state index >= 15 is 0 Å². The fourth-order valence-electron chi connectivity index (χ4n) is 2.62. The van der Waals surface area contributed by atoms with Crippen molar-refractivity contribution in [2.75, 3.05) is 19.6 Å². The molecule has 1 saturated carbocycles. The summed E-state index contributed by atoms with van der Waals surface area (Å²) in [5, 5.41) is 3.66. The molecule has 0 aromatic heterocycles. The fraction of sp³-hybridized carbons (Fsp3) is 1.00. The molecule has 0 radical (unpaired) electrons. The molecule has 2 heteroatoms. The van der Waals surface area contributed by atoms with Gasteiger partial charge in [0.2, 0.25) is 0 Å². The van der Waals surface area contributed by atoms with E-state index in [2.05, 4.69) is 37.9 Å². The van der Waals surface area contributed by atoms with Crippen LogP contribution in [0.5, 0.6) is 0 Å². The Labute approximate surface area is 81.7 Å². The van der Waals surface area contributed by atoms with Crippen molar-refractivity contribution in [1.82, 2.24) is 10.2 Å². The number of nitrogens with one attached hydrogen (secondary N) is 1. The Morgan fingerprint density at radius 1 is 1.46 bits per heavy atom. The monoisotopic (exact) mass is 182 g/mol. The van der Waals surface area contributed by atoms with Gasteiger partial charge in [-0.2, -0.15) is 0 Å². The second-order valence-corrected chi connectivity index (χ2v) is 5.64. The summed E-state index contributed by atoms with van der Waals surface area (Å²) in [7, 11) is 0. The predicted octanol–water partition coefficient (Wildman–Crippen LogP) is 1.47. The number of piperidine rings is 1. The molecule has 0 spiro atoms. The van der Waals surface area contributed by atoms with Gasteiger partial charge in [0.1, 0.15) is 0 Å². The third kappa shape index (κ3) is 1.50. The second-order valence-electron chi connectivity index (χ2n) is 5.64.